The van der Waals surface area contributed by atoms with Crippen LogP contribution < -0.4 is 4.74 Å². The zero-order valence-corrected chi connectivity index (χ0v) is 22.6. The van der Waals surface area contributed by atoms with Crippen LogP contribution in [-0.4, -0.2) is 76.4 Å². The average molecular weight is 562 g/mol. The second kappa shape index (κ2) is 15.2. The minimum absolute atomic E-state index is 0.194. The number of piperidine rings is 1. The number of nitrogens with zero attached hydrogens (tertiary/aromatic N) is 3. The van der Waals surface area contributed by atoms with Crippen molar-refractivity contribution in [1.82, 2.24) is 9.80 Å². The molecule has 0 amide bonds. The zero-order chi connectivity index (χ0) is 28.2. The lowest BCUT2D eigenvalue weighted by atomic mass is 10.0. The Kier molecular flexibility index (Phi) is 11.8. The van der Waals surface area contributed by atoms with Gasteiger partial charge in [-0.05, 0) is 80.3 Å². The summed E-state index contributed by atoms with van der Waals surface area (Å²) in [7, 11) is 2.13. The number of aliphatic carboxylic acids is 2. The number of amidine groups is 1. The Hall–Kier alpha value is -3.44. The largest absolute Gasteiger partial charge is 0.494 e. The first-order chi connectivity index (χ1) is 18.7. The average Bonchev–Trinajstić information content (AvgIpc) is 2.93. The lowest BCUT2D eigenvalue weighted by molar-refractivity contribution is -0.134. The van der Waals surface area contributed by atoms with Gasteiger partial charge in [-0.1, -0.05) is 11.8 Å². The number of halogens is 2. The van der Waals surface area contributed by atoms with Crippen LogP contribution in [0.3, 0.4) is 0 Å². The van der Waals surface area contributed by atoms with Crippen LogP contribution in [0.5, 0.6) is 5.75 Å². The second-order valence-corrected chi connectivity index (χ2v) is 10.1. The Bertz CT molecular complexity index is 1150. The molecule has 210 valence electrons. The van der Waals surface area contributed by atoms with E-state index in [0.29, 0.717) is 24.8 Å². The van der Waals surface area contributed by atoms with Crippen molar-refractivity contribution in [2.45, 2.75) is 37.5 Å². The van der Waals surface area contributed by atoms with E-state index in [0.717, 1.165) is 73.2 Å². The summed E-state index contributed by atoms with van der Waals surface area (Å²) in [5, 5.41) is 16.7. The molecule has 2 aliphatic rings. The number of unbranched alkanes of at least 4 members (excludes halogenated alkanes) is 1. The van der Waals surface area contributed by atoms with Crippen molar-refractivity contribution in [3.05, 3.63) is 71.8 Å². The maximum absolute atomic E-state index is 13.4. The highest BCUT2D eigenvalue weighted by atomic mass is 32.2. The molecule has 2 aromatic rings. The molecular weight excluding hydrogens is 528 g/mol. The molecule has 1 saturated heterocycles. The van der Waals surface area contributed by atoms with E-state index in [1.165, 1.54) is 18.2 Å². The number of rotatable bonds is 9. The first-order valence-electron chi connectivity index (χ1n) is 12.7. The summed E-state index contributed by atoms with van der Waals surface area (Å²) < 4.78 is 32.0. The van der Waals surface area contributed by atoms with Crippen LogP contribution >= 0.6 is 11.8 Å². The predicted molar refractivity (Wildman–Crippen MR) is 148 cm³/mol. The van der Waals surface area contributed by atoms with Crippen molar-refractivity contribution in [2.24, 2.45) is 4.99 Å². The lowest BCUT2D eigenvalue weighted by Gasteiger charge is -2.38. The number of benzene rings is 2. The summed E-state index contributed by atoms with van der Waals surface area (Å²) >= 11 is 1.70. The summed E-state index contributed by atoms with van der Waals surface area (Å²) in [5.74, 6) is -1.45. The van der Waals surface area contributed by atoms with E-state index in [2.05, 4.69) is 16.8 Å². The Labute approximate surface area is 231 Å². The Morgan fingerprint density at radius 2 is 1.69 bits per heavy atom. The van der Waals surface area contributed by atoms with Crippen molar-refractivity contribution in [3.63, 3.8) is 0 Å². The number of carboxylic acid groups (broad SMARTS) is 2. The van der Waals surface area contributed by atoms with E-state index in [9.17, 15) is 18.4 Å². The molecule has 0 spiro atoms. The normalized spacial score (nSPS) is 15.6. The number of ether oxygens (including phenoxy) is 1. The number of likely N-dealkylation sites (tertiary alicyclic amines) is 1. The fourth-order valence-corrected chi connectivity index (χ4v) is 5.26. The van der Waals surface area contributed by atoms with Crippen molar-refractivity contribution < 1.29 is 33.3 Å². The van der Waals surface area contributed by atoms with Crippen LogP contribution in [0.25, 0.3) is 0 Å². The van der Waals surface area contributed by atoms with Gasteiger partial charge in [-0.3, -0.25) is 0 Å². The number of hydrogen-bond donors (Lipinski definition) is 2. The standard InChI is InChI=1S/C24H29F2N3OS.C4H4O4/c1-28(24-27-23-9-6-20(26)16-18(23)17-31-24)21-10-13-29(14-11-21)12-2-3-15-30-22-7-4-19(25)5-8-22;5-3(6)1-2-4(7)8/h4-9,16,21H,2-3,10-15,17H2,1H3;1-2H,(H,5,6)(H,7,8)/b;2-1-. The molecule has 0 aromatic heterocycles. The highest BCUT2D eigenvalue weighted by molar-refractivity contribution is 8.13. The number of hydrogen-bond acceptors (Lipinski definition) is 7. The molecule has 0 radical (unpaired) electrons. The summed E-state index contributed by atoms with van der Waals surface area (Å²) in [6.45, 7) is 3.92. The van der Waals surface area contributed by atoms with Gasteiger partial charge in [0.15, 0.2) is 5.17 Å². The molecule has 39 heavy (non-hydrogen) atoms. The maximum atomic E-state index is 13.4. The predicted octanol–water partition coefficient (Wildman–Crippen LogP) is 5.17. The van der Waals surface area contributed by atoms with Crippen LogP contribution in [0.2, 0.25) is 0 Å². The van der Waals surface area contributed by atoms with Gasteiger partial charge < -0.3 is 24.7 Å². The zero-order valence-electron chi connectivity index (χ0n) is 21.8. The SMILES string of the molecule is CN(C1=Nc2ccc(F)cc2CS1)C1CCN(CCCCOc2ccc(F)cc2)CC1.O=C(O)/C=C\C(=O)O. The third-order valence-electron chi connectivity index (χ3n) is 6.34. The third kappa shape index (κ3) is 10.3. The molecule has 1 fully saturated rings. The first kappa shape index (κ1) is 30.1. The van der Waals surface area contributed by atoms with Crippen molar-refractivity contribution in [2.75, 3.05) is 33.3 Å². The van der Waals surface area contributed by atoms with Crippen LogP contribution in [0.1, 0.15) is 31.2 Å². The van der Waals surface area contributed by atoms with Gasteiger partial charge in [-0.15, -0.1) is 0 Å². The highest BCUT2D eigenvalue weighted by Gasteiger charge is 2.26. The molecule has 0 bridgehead atoms. The molecule has 11 heteroatoms. The molecule has 2 aliphatic heterocycles. The monoisotopic (exact) mass is 561 g/mol. The summed E-state index contributed by atoms with van der Waals surface area (Å²) in [6.07, 6.45) is 5.45. The van der Waals surface area contributed by atoms with Gasteiger partial charge in [-0.25, -0.2) is 23.4 Å². The molecule has 4 rings (SSSR count). The van der Waals surface area contributed by atoms with Gasteiger partial charge >= 0.3 is 11.9 Å². The molecule has 0 aliphatic carbocycles. The molecule has 0 saturated carbocycles. The molecule has 2 heterocycles. The lowest BCUT2D eigenvalue weighted by Crippen LogP contribution is -2.45. The van der Waals surface area contributed by atoms with Crippen LogP contribution in [-0.2, 0) is 15.3 Å². The molecule has 8 nitrogen and oxygen atoms in total. The Morgan fingerprint density at radius 3 is 2.33 bits per heavy atom. The van der Waals surface area contributed by atoms with Gasteiger partial charge in [0.25, 0.3) is 0 Å². The minimum Gasteiger partial charge on any atom is -0.494 e. The Balaban J connectivity index is 0.000000459. The van der Waals surface area contributed by atoms with E-state index in [1.54, 1.807) is 36.0 Å². The maximum Gasteiger partial charge on any atom is 0.328 e. The molecule has 2 N–H and O–H groups in total. The Morgan fingerprint density at radius 1 is 1.05 bits per heavy atom. The van der Waals surface area contributed by atoms with Crippen LogP contribution in [0, 0.1) is 11.6 Å². The van der Waals surface area contributed by atoms with Gasteiger partial charge in [0, 0.05) is 44.1 Å². The quantitative estimate of drug-likeness (QED) is 0.320. The number of aliphatic imine (C=N–C) groups is 1. The molecular formula is C28H33F2N3O5S. The van der Waals surface area contributed by atoms with E-state index >= 15 is 0 Å². The van der Waals surface area contributed by atoms with Crippen molar-refractivity contribution in [3.8, 4) is 5.75 Å². The molecule has 2 aromatic carbocycles. The van der Waals surface area contributed by atoms with E-state index in [4.69, 9.17) is 19.9 Å². The van der Waals surface area contributed by atoms with Gasteiger partial charge in [-0.2, -0.15) is 0 Å². The molecule has 0 unspecified atom stereocenters. The van der Waals surface area contributed by atoms with Crippen molar-refractivity contribution in [1.29, 1.82) is 0 Å². The number of carboxylic acids is 2. The second-order valence-electron chi connectivity index (χ2n) is 9.16. The van der Waals surface area contributed by atoms with Gasteiger partial charge in [0.2, 0.25) is 0 Å². The van der Waals surface area contributed by atoms with Crippen LogP contribution in [0.15, 0.2) is 59.6 Å². The smallest absolute Gasteiger partial charge is 0.328 e. The number of thioether (sulfide) groups is 1. The number of carbonyl (C=O) groups is 2. The summed E-state index contributed by atoms with van der Waals surface area (Å²) in [4.78, 5) is 28.7. The fourth-order valence-electron chi connectivity index (χ4n) is 4.22. The van der Waals surface area contributed by atoms with E-state index in [1.807, 2.05) is 0 Å². The van der Waals surface area contributed by atoms with Gasteiger partial charge in [0.1, 0.15) is 17.4 Å². The van der Waals surface area contributed by atoms with Crippen molar-refractivity contribution >= 4 is 34.6 Å². The molecule has 0 atom stereocenters. The van der Waals surface area contributed by atoms with E-state index in [-0.39, 0.29) is 11.6 Å². The summed E-state index contributed by atoms with van der Waals surface area (Å²) in [5.41, 5.74) is 1.86. The minimum atomic E-state index is -1.26. The fraction of sp³-hybridized carbons (Fsp3) is 0.393. The summed E-state index contributed by atoms with van der Waals surface area (Å²) in [6, 6.07) is 11.5. The number of fused-ring (bicyclic) bond motifs is 1. The van der Waals surface area contributed by atoms with Crippen LogP contribution in [0.4, 0.5) is 14.5 Å². The topological polar surface area (TPSA) is 103 Å². The van der Waals surface area contributed by atoms with E-state index < -0.39 is 11.9 Å². The third-order valence-corrected chi connectivity index (χ3v) is 7.43. The highest BCUT2D eigenvalue weighted by Crippen LogP contribution is 2.33. The first-order valence-corrected chi connectivity index (χ1v) is 13.7. The van der Waals surface area contributed by atoms with Gasteiger partial charge in [0.05, 0.1) is 12.3 Å².